The van der Waals surface area contributed by atoms with Crippen molar-refractivity contribution in [2.24, 2.45) is 0 Å². The number of ether oxygens (including phenoxy) is 1. The zero-order valence-electron chi connectivity index (χ0n) is 11.6. The lowest BCUT2D eigenvalue weighted by atomic mass is 10.3. The Labute approximate surface area is 123 Å². The fourth-order valence-corrected chi connectivity index (χ4v) is 2.54. The van der Waals surface area contributed by atoms with Gasteiger partial charge < -0.3 is 9.84 Å². The van der Waals surface area contributed by atoms with Crippen LogP contribution in [0.1, 0.15) is 11.4 Å². The molecule has 0 aliphatic rings. The van der Waals surface area contributed by atoms with E-state index in [0.29, 0.717) is 10.9 Å². The lowest BCUT2D eigenvalue weighted by molar-refractivity contribution is 0.126. The van der Waals surface area contributed by atoms with Gasteiger partial charge >= 0.3 is 0 Å². The number of benzene rings is 1. The monoisotopic (exact) mass is 290 g/mol. The maximum Gasteiger partial charge on any atom is 0.188 e. The summed E-state index contributed by atoms with van der Waals surface area (Å²) in [7, 11) is 0. The third-order valence-electron chi connectivity index (χ3n) is 2.55. The van der Waals surface area contributed by atoms with Gasteiger partial charge in [0.2, 0.25) is 0 Å². The summed E-state index contributed by atoms with van der Waals surface area (Å²) in [6, 6.07) is 11.4. The predicted octanol–water partition coefficient (Wildman–Crippen LogP) is 2.63. The van der Waals surface area contributed by atoms with E-state index in [9.17, 15) is 5.11 Å². The summed E-state index contributed by atoms with van der Waals surface area (Å²) in [6.45, 7) is 4.14. The van der Waals surface area contributed by atoms with Gasteiger partial charge in [0.15, 0.2) is 5.16 Å². The van der Waals surface area contributed by atoms with E-state index in [1.54, 1.807) is 0 Å². The van der Waals surface area contributed by atoms with Gasteiger partial charge in [0.25, 0.3) is 0 Å². The van der Waals surface area contributed by atoms with Crippen LogP contribution >= 0.6 is 11.8 Å². The molecule has 0 unspecified atom stereocenters. The molecule has 4 nitrogen and oxygen atoms in total. The van der Waals surface area contributed by atoms with Gasteiger partial charge in [-0.15, -0.1) is 0 Å². The second kappa shape index (κ2) is 7.26. The van der Waals surface area contributed by atoms with Gasteiger partial charge in [-0.2, -0.15) is 0 Å². The van der Waals surface area contributed by atoms with E-state index < -0.39 is 6.10 Å². The maximum absolute atomic E-state index is 9.91. The molecule has 1 heterocycles. The topological polar surface area (TPSA) is 55.2 Å². The molecule has 1 N–H and O–H groups in total. The highest BCUT2D eigenvalue weighted by Crippen LogP contribution is 2.16. The van der Waals surface area contributed by atoms with Crippen LogP contribution in [-0.2, 0) is 0 Å². The summed E-state index contributed by atoms with van der Waals surface area (Å²) in [6.07, 6.45) is -0.551. The van der Waals surface area contributed by atoms with Crippen LogP contribution in [0.4, 0.5) is 0 Å². The van der Waals surface area contributed by atoms with Crippen molar-refractivity contribution in [3.05, 3.63) is 47.8 Å². The van der Waals surface area contributed by atoms with Crippen LogP contribution in [0.15, 0.2) is 41.6 Å². The highest BCUT2D eigenvalue weighted by atomic mass is 32.2. The van der Waals surface area contributed by atoms with Crippen molar-refractivity contribution in [2.75, 3.05) is 12.4 Å². The van der Waals surface area contributed by atoms with Crippen LogP contribution in [0.3, 0.4) is 0 Å². The highest BCUT2D eigenvalue weighted by molar-refractivity contribution is 7.99. The number of nitrogens with zero attached hydrogens (tertiary/aromatic N) is 2. The third-order valence-corrected chi connectivity index (χ3v) is 3.54. The first-order valence-electron chi connectivity index (χ1n) is 6.44. The molecule has 1 atom stereocenters. The van der Waals surface area contributed by atoms with Crippen molar-refractivity contribution in [3.63, 3.8) is 0 Å². The zero-order valence-corrected chi connectivity index (χ0v) is 12.4. The van der Waals surface area contributed by atoms with E-state index in [-0.39, 0.29) is 6.61 Å². The third kappa shape index (κ3) is 4.83. The highest BCUT2D eigenvalue weighted by Gasteiger charge is 2.08. The molecular formula is C15H18N2O2S. The largest absolute Gasteiger partial charge is 0.491 e. The van der Waals surface area contributed by atoms with Crippen LogP contribution in [0.25, 0.3) is 0 Å². The predicted molar refractivity (Wildman–Crippen MR) is 80.2 cm³/mol. The van der Waals surface area contributed by atoms with E-state index in [4.69, 9.17) is 4.74 Å². The van der Waals surface area contributed by atoms with Crippen molar-refractivity contribution in [1.29, 1.82) is 0 Å². The lowest BCUT2D eigenvalue weighted by Crippen LogP contribution is -2.20. The van der Waals surface area contributed by atoms with Crippen LogP contribution in [0.5, 0.6) is 5.75 Å². The molecule has 0 aliphatic carbocycles. The van der Waals surface area contributed by atoms with Crippen LogP contribution < -0.4 is 4.74 Å². The number of aryl methyl sites for hydroxylation is 2. The minimum Gasteiger partial charge on any atom is -0.491 e. The Hall–Kier alpha value is -1.59. The maximum atomic E-state index is 9.91. The summed E-state index contributed by atoms with van der Waals surface area (Å²) in [4.78, 5) is 8.65. The molecule has 0 saturated heterocycles. The lowest BCUT2D eigenvalue weighted by Gasteiger charge is -2.11. The van der Waals surface area contributed by atoms with Gasteiger partial charge in [-0.05, 0) is 32.0 Å². The molecule has 20 heavy (non-hydrogen) atoms. The number of para-hydroxylation sites is 1. The Bertz CT molecular complexity index is 529. The normalized spacial score (nSPS) is 12.2. The smallest absolute Gasteiger partial charge is 0.188 e. The van der Waals surface area contributed by atoms with Gasteiger partial charge in [0.1, 0.15) is 12.4 Å². The van der Waals surface area contributed by atoms with E-state index in [1.165, 1.54) is 11.8 Å². The fourth-order valence-electron chi connectivity index (χ4n) is 1.69. The van der Waals surface area contributed by atoms with Gasteiger partial charge in [-0.1, -0.05) is 30.0 Å². The molecule has 2 rings (SSSR count). The summed E-state index contributed by atoms with van der Waals surface area (Å²) in [5, 5.41) is 10.6. The van der Waals surface area contributed by atoms with Gasteiger partial charge in [-0.3, -0.25) is 0 Å². The molecule has 0 radical (unpaired) electrons. The first-order valence-corrected chi connectivity index (χ1v) is 7.43. The zero-order chi connectivity index (χ0) is 14.4. The number of aliphatic hydroxyl groups excluding tert-OH is 1. The van der Waals surface area contributed by atoms with Gasteiger partial charge in [0, 0.05) is 17.1 Å². The number of rotatable bonds is 6. The summed E-state index contributed by atoms with van der Waals surface area (Å²) < 4.78 is 5.50. The fraction of sp³-hybridized carbons (Fsp3) is 0.333. The standard InChI is InChI=1S/C15H18N2O2S/c1-11-8-12(2)17-15(16-11)20-10-13(18)9-19-14-6-4-3-5-7-14/h3-8,13,18H,9-10H2,1-2H3/t13-/m0/s1. The van der Waals surface area contributed by atoms with Crippen molar-refractivity contribution >= 4 is 11.8 Å². The Morgan fingerprint density at radius 1 is 1.15 bits per heavy atom. The number of aliphatic hydroxyl groups is 1. The second-order valence-corrected chi connectivity index (χ2v) is 5.51. The quantitative estimate of drug-likeness (QED) is 0.654. The van der Waals surface area contributed by atoms with Crippen molar-refractivity contribution in [2.45, 2.75) is 25.1 Å². The van der Waals surface area contributed by atoms with Crippen LogP contribution in [-0.4, -0.2) is 33.5 Å². The summed E-state index contributed by atoms with van der Waals surface area (Å²) >= 11 is 1.44. The Morgan fingerprint density at radius 2 is 1.80 bits per heavy atom. The molecular weight excluding hydrogens is 272 g/mol. The van der Waals surface area contributed by atoms with E-state index in [0.717, 1.165) is 17.1 Å². The number of aromatic nitrogens is 2. The molecule has 0 spiro atoms. The minimum atomic E-state index is -0.551. The molecule has 0 aliphatic heterocycles. The number of hydrogen-bond donors (Lipinski definition) is 1. The van der Waals surface area contributed by atoms with Crippen LogP contribution in [0, 0.1) is 13.8 Å². The van der Waals surface area contributed by atoms with Crippen molar-refractivity contribution in [1.82, 2.24) is 9.97 Å². The average molecular weight is 290 g/mol. The molecule has 0 bridgehead atoms. The Kier molecular flexibility index (Phi) is 5.38. The Morgan fingerprint density at radius 3 is 2.45 bits per heavy atom. The van der Waals surface area contributed by atoms with E-state index in [1.807, 2.05) is 50.2 Å². The number of thioether (sulfide) groups is 1. The number of hydrogen-bond acceptors (Lipinski definition) is 5. The molecule has 1 aromatic heterocycles. The van der Waals surface area contributed by atoms with Gasteiger partial charge in [-0.25, -0.2) is 9.97 Å². The van der Waals surface area contributed by atoms with Crippen molar-refractivity contribution < 1.29 is 9.84 Å². The summed E-state index contributed by atoms with van der Waals surface area (Å²) in [5.74, 6) is 1.27. The molecule has 0 saturated carbocycles. The summed E-state index contributed by atoms with van der Waals surface area (Å²) in [5.41, 5.74) is 1.88. The van der Waals surface area contributed by atoms with Crippen molar-refractivity contribution in [3.8, 4) is 5.75 Å². The molecule has 0 fully saturated rings. The molecule has 106 valence electrons. The van der Waals surface area contributed by atoms with E-state index >= 15 is 0 Å². The Balaban J connectivity index is 1.78. The van der Waals surface area contributed by atoms with Gasteiger partial charge in [0.05, 0.1) is 6.10 Å². The minimum absolute atomic E-state index is 0.266. The average Bonchev–Trinajstić information content (AvgIpc) is 2.43. The molecule has 5 heteroatoms. The molecule has 1 aromatic carbocycles. The first-order chi connectivity index (χ1) is 9.63. The molecule has 2 aromatic rings. The first kappa shape index (κ1) is 14.8. The molecule has 0 amide bonds. The second-order valence-electron chi connectivity index (χ2n) is 4.52. The SMILES string of the molecule is Cc1cc(C)nc(SC[C@@H](O)COc2ccccc2)n1. The van der Waals surface area contributed by atoms with E-state index in [2.05, 4.69) is 9.97 Å². The van der Waals surface area contributed by atoms with Crippen LogP contribution in [0.2, 0.25) is 0 Å².